The molecule has 1 aliphatic rings. The second-order valence-electron chi connectivity index (χ2n) is 6.09. The van der Waals surface area contributed by atoms with Crippen molar-refractivity contribution in [3.8, 4) is 0 Å². The number of hydrogen-bond acceptors (Lipinski definition) is 4. The maximum absolute atomic E-state index is 12.9. The molecule has 2 aromatic carbocycles. The first-order chi connectivity index (χ1) is 11.2. The molecule has 0 aliphatic carbocycles. The molecule has 0 saturated carbocycles. The summed E-state index contributed by atoms with van der Waals surface area (Å²) in [4.78, 5) is 17.5. The van der Waals surface area contributed by atoms with E-state index in [1.807, 2.05) is 37.3 Å². The predicted molar refractivity (Wildman–Crippen MR) is 88.7 cm³/mol. The molecule has 0 bridgehead atoms. The Balaban J connectivity index is 1.98. The summed E-state index contributed by atoms with van der Waals surface area (Å²) >= 11 is 0. The predicted octanol–water partition coefficient (Wildman–Crippen LogP) is 2.18. The van der Waals surface area contributed by atoms with Gasteiger partial charge in [-0.1, -0.05) is 24.3 Å². The van der Waals surface area contributed by atoms with Crippen molar-refractivity contribution in [3.05, 3.63) is 52.6 Å². The molecule has 1 saturated heterocycles. The Hall–Kier alpha value is -2.24. The molecule has 4 rings (SSSR count). The van der Waals surface area contributed by atoms with Gasteiger partial charge in [0.1, 0.15) is 0 Å². The molecular formula is C18H18N2O3. The molecule has 1 fully saturated rings. The van der Waals surface area contributed by atoms with Gasteiger partial charge < -0.3 is 9.84 Å². The van der Waals surface area contributed by atoms with Gasteiger partial charge in [0, 0.05) is 12.0 Å². The van der Waals surface area contributed by atoms with Crippen LogP contribution in [0.4, 0.5) is 0 Å². The molecule has 23 heavy (non-hydrogen) atoms. The number of benzene rings is 2. The second-order valence-corrected chi connectivity index (χ2v) is 6.09. The zero-order valence-electron chi connectivity index (χ0n) is 12.9. The van der Waals surface area contributed by atoms with Crippen molar-refractivity contribution >= 4 is 21.7 Å². The van der Waals surface area contributed by atoms with E-state index in [-0.39, 0.29) is 18.2 Å². The van der Waals surface area contributed by atoms with Crippen LogP contribution in [0, 0.1) is 6.92 Å². The molecule has 0 amide bonds. The molecule has 1 aromatic heterocycles. The molecule has 1 aliphatic heterocycles. The van der Waals surface area contributed by atoms with E-state index >= 15 is 0 Å². The summed E-state index contributed by atoms with van der Waals surface area (Å²) in [5.41, 5.74) is 1.67. The normalized spacial score (nSPS) is 21.8. The van der Waals surface area contributed by atoms with Crippen molar-refractivity contribution in [2.45, 2.75) is 25.5 Å². The lowest BCUT2D eigenvalue weighted by Crippen LogP contribution is -2.39. The van der Waals surface area contributed by atoms with Crippen LogP contribution in [0.2, 0.25) is 0 Å². The average Bonchev–Trinajstić information content (AvgIpc) is 2.57. The summed E-state index contributed by atoms with van der Waals surface area (Å²) in [6.07, 6.45) is 1.49. The van der Waals surface area contributed by atoms with E-state index in [1.165, 1.54) is 0 Å². The molecule has 3 aromatic rings. The monoisotopic (exact) mass is 310 g/mol. The number of aliphatic hydroxyl groups is 1. The van der Waals surface area contributed by atoms with Gasteiger partial charge in [0.2, 0.25) is 0 Å². The Bertz CT molecular complexity index is 948. The summed E-state index contributed by atoms with van der Waals surface area (Å²) in [5.74, 6) is 0. The molecule has 2 atom stereocenters. The number of fused-ring (bicyclic) bond motifs is 3. The Kier molecular flexibility index (Phi) is 3.39. The van der Waals surface area contributed by atoms with E-state index < -0.39 is 6.10 Å². The molecule has 0 spiro atoms. The topological polar surface area (TPSA) is 64.3 Å². The van der Waals surface area contributed by atoms with E-state index in [4.69, 9.17) is 4.74 Å². The number of aliphatic hydroxyl groups excluding tert-OH is 1. The summed E-state index contributed by atoms with van der Waals surface area (Å²) in [7, 11) is 0. The summed E-state index contributed by atoms with van der Waals surface area (Å²) in [6, 6.07) is 9.59. The third-order valence-corrected chi connectivity index (χ3v) is 4.65. The van der Waals surface area contributed by atoms with Crippen LogP contribution in [0.5, 0.6) is 0 Å². The van der Waals surface area contributed by atoms with E-state index in [9.17, 15) is 9.90 Å². The van der Waals surface area contributed by atoms with Gasteiger partial charge in [-0.3, -0.25) is 9.36 Å². The lowest BCUT2D eigenvalue weighted by atomic mass is 10.0. The van der Waals surface area contributed by atoms with Gasteiger partial charge in [-0.15, -0.1) is 0 Å². The van der Waals surface area contributed by atoms with Crippen molar-refractivity contribution in [2.24, 2.45) is 0 Å². The lowest BCUT2D eigenvalue weighted by Gasteiger charge is -2.29. The van der Waals surface area contributed by atoms with Crippen LogP contribution in [0.15, 0.2) is 41.5 Å². The Morgan fingerprint density at radius 2 is 2.04 bits per heavy atom. The third-order valence-electron chi connectivity index (χ3n) is 4.65. The maximum Gasteiger partial charge on any atom is 0.261 e. The van der Waals surface area contributed by atoms with E-state index in [1.54, 1.807) is 10.9 Å². The molecule has 118 valence electrons. The molecular weight excluding hydrogens is 292 g/mol. The fraction of sp³-hybridized carbons (Fsp3) is 0.333. The lowest BCUT2D eigenvalue weighted by molar-refractivity contribution is -0.0395. The zero-order valence-corrected chi connectivity index (χ0v) is 12.9. The molecule has 2 heterocycles. The van der Waals surface area contributed by atoms with Crippen LogP contribution in [0.3, 0.4) is 0 Å². The Morgan fingerprint density at radius 1 is 1.26 bits per heavy atom. The van der Waals surface area contributed by atoms with Crippen LogP contribution < -0.4 is 5.56 Å². The summed E-state index contributed by atoms with van der Waals surface area (Å²) in [6.45, 7) is 2.80. The first-order valence-electron chi connectivity index (χ1n) is 7.82. The highest BCUT2D eigenvalue weighted by Crippen LogP contribution is 2.26. The minimum Gasteiger partial charge on any atom is -0.389 e. The molecule has 1 N–H and O–H groups in total. The van der Waals surface area contributed by atoms with Gasteiger partial charge in [-0.2, -0.15) is 0 Å². The number of ether oxygens (including phenoxy) is 1. The zero-order chi connectivity index (χ0) is 16.0. The fourth-order valence-corrected chi connectivity index (χ4v) is 3.43. The highest BCUT2D eigenvalue weighted by Gasteiger charge is 2.26. The van der Waals surface area contributed by atoms with Gasteiger partial charge in [0.05, 0.1) is 36.0 Å². The minimum absolute atomic E-state index is 0.102. The summed E-state index contributed by atoms with van der Waals surface area (Å²) in [5, 5.41) is 12.8. The smallest absolute Gasteiger partial charge is 0.261 e. The van der Waals surface area contributed by atoms with Crippen LogP contribution in [0.25, 0.3) is 21.7 Å². The van der Waals surface area contributed by atoms with Crippen LogP contribution in [-0.4, -0.2) is 34.0 Å². The molecule has 0 radical (unpaired) electrons. The van der Waals surface area contributed by atoms with Crippen molar-refractivity contribution in [3.63, 3.8) is 0 Å². The Morgan fingerprint density at radius 3 is 2.83 bits per heavy atom. The number of aryl methyl sites for hydroxylation is 1. The number of rotatable bonds is 1. The first-order valence-corrected chi connectivity index (χ1v) is 7.82. The van der Waals surface area contributed by atoms with Crippen LogP contribution in [0.1, 0.15) is 18.0 Å². The largest absolute Gasteiger partial charge is 0.389 e. The van der Waals surface area contributed by atoms with E-state index in [0.29, 0.717) is 23.9 Å². The number of hydrogen-bond donors (Lipinski definition) is 1. The highest BCUT2D eigenvalue weighted by atomic mass is 16.5. The van der Waals surface area contributed by atoms with Gasteiger partial charge >= 0.3 is 0 Å². The average molecular weight is 310 g/mol. The first kappa shape index (κ1) is 14.4. The molecule has 5 heteroatoms. The highest BCUT2D eigenvalue weighted by molar-refractivity contribution is 6.06. The standard InChI is InChI=1S/C18H18N2O3/c1-11-8-14-17(13-5-3-2-4-12(11)13)19-10-20(18(14)22)15-6-7-23-9-16(15)21/h2-5,8,10,15-16,21H,6-7,9H2,1H3/t15-,16-/m0/s1. The number of nitrogens with zero attached hydrogens (tertiary/aromatic N) is 2. The van der Waals surface area contributed by atoms with Gasteiger partial charge in [0.25, 0.3) is 5.56 Å². The van der Waals surface area contributed by atoms with Crippen LogP contribution >= 0.6 is 0 Å². The van der Waals surface area contributed by atoms with E-state index in [0.717, 1.165) is 16.3 Å². The quantitative estimate of drug-likeness (QED) is 0.700. The SMILES string of the molecule is Cc1cc2c(=O)n([C@H]3CCOC[C@@H]3O)cnc2c2ccccc12. The van der Waals surface area contributed by atoms with E-state index in [2.05, 4.69) is 4.98 Å². The number of aromatic nitrogens is 2. The maximum atomic E-state index is 12.9. The second kappa shape index (κ2) is 5.44. The summed E-state index contributed by atoms with van der Waals surface area (Å²) < 4.78 is 6.81. The van der Waals surface area contributed by atoms with Crippen molar-refractivity contribution in [1.82, 2.24) is 9.55 Å². The molecule has 0 unspecified atom stereocenters. The minimum atomic E-state index is -0.678. The van der Waals surface area contributed by atoms with Crippen molar-refractivity contribution < 1.29 is 9.84 Å². The Labute approximate surface area is 133 Å². The fourth-order valence-electron chi connectivity index (χ4n) is 3.43. The third kappa shape index (κ3) is 2.24. The van der Waals surface area contributed by atoms with Gasteiger partial charge in [-0.25, -0.2) is 4.98 Å². The van der Waals surface area contributed by atoms with Gasteiger partial charge in [0.15, 0.2) is 0 Å². The van der Waals surface area contributed by atoms with Gasteiger partial charge in [-0.05, 0) is 30.4 Å². The molecule has 5 nitrogen and oxygen atoms in total. The van der Waals surface area contributed by atoms with Crippen molar-refractivity contribution in [2.75, 3.05) is 13.2 Å². The van der Waals surface area contributed by atoms with Crippen LogP contribution in [-0.2, 0) is 4.74 Å². The van der Waals surface area contributed by atoms with Crippen molar-refractivity contribution in [1.29, 1.82) is 0 Å².